The number of carbonyl (C=O) groups excluding carboxylic acids is 2. The van der Waals surface area contributed by atoms with Crippen LogP contribution >= 0.6 is 0 Å². The maximum absolute atomic E-state index is 12.4. The lowest BCUT2D eigenvalue weighted by atomic mass is 9.71. The van der Waals surface area contributed by atoms with E-state index in [0.29, 0.717) is 25.4 Å². The molecule has 3 rings (SSSR count). The predicted molar refractivity (Wildman–Crippen MR) is 90.0 cm³/mol. The van der Waals surface area contributed by atoms with E-state index in [1.807, 2.05) is 0 Å². The molecule has 0 radical (unpaired) electrons. The van der Waals surface area contributed by atoms with Crippen LogP contribution in [-0.2, 0) is 16.6 Å². The third-order valence-corrected chi connectivity index (χ3v) is 5.21. The van der Waals surface area contributed by atoms with Gasteiger partial charge in [0.05, 0.1) is 0 Å². The number of aryl methyl sites for hydroxylation is 1. The fraction of sp³-hybridized carbons (Fsp3) is 0.647. The number of ether oxygens (including phenoxy) is 1. The number of methoxy groups -OCH3 is 1. The van der Waals surface area contributed by atoms with Crippen LogP contribution in [0.2, 0.25) is 0 Å². The lowest BCUT2D eigenvalue weighted by Gasteiger charge is -2.43. The van der Waals surface area contributed by atoms with E-state index in [1.165, 1.54) is 19.2 Å². The second-order valence-electron chi connectivity index (χ2n) is 6.92. The van der Waals surface area contributed by atoms with Gasteiger partial charge in [-0.3, -0.25) is 14.4 Å². The van der Waals surface area contributed by atoms with Gasteiger partial charge in [-0.25, -0.2) is 4.68 Å². The number of hydrogen-bond donors (Lipinski definition) is 2. The molecule has 1 aromatic heterocycles. The van der Waals surface area contributed by atoms with Crippen LogP contribution in [0.15, 0.2) is 16.9 Å². The Morgan fingerprint density at radius 1 is 1.40 bits per heavy atom. The van der Waals surface area contributed by atoms with Gasteiger partial charge in [0.25, 0.3) is 11.5 Å². The van der Waals surface area contributed by atoms with Crippen LogP contribution in [-0.4, -0.2) is 47.4 Å². The maximum atomic E-state index is 12.4. The summed E-state index contributed by atoms with van der Waals surface area (Å²) in [6, 6.07) is 2.80. The highest BCUT2D eigenvalue weighted by Gasteiger charge is 2.41. The Balaban J connectivity index is 1.63. The first-order chi connectivity index (χ1) is 12.0. The first-order valence-electron chi connectivity index (χ1n) is 8.61. The van der Waals surface area contributed by atoms with Crippen molar-refractivity contribution in [1.82, 2.24) is 20.4 Å². The van der Waals surface area contributed by atoms with Gasteiger partial charge in [-0.1, -0.05) is 0 Å². The van der Waals surface area contributed by atoms with Gasteiger partial charge in [0, 0.05) is 45.3 Å². The summed E-state index contributed by atoms with van der Waals surface area (Å²) in [6.07, 6.45) is 3.00. The summed E-state index contributed by atoms with van der Waals surface area (Å²) in [5.74, 6) is 0.386. The van der Waals surface area contributed by atoms with Crippen LogP contribution in [0.4, 0.5) is 0 Å². The van der Waals surface area contributed by atoms with Crippen molar-refractivity contribution in [2.45, 2.75) is 37.8 Å². The van der Waals surface area contributed by atoms with Crippen molar-refractivity contribution >= 4 is 11.8 Å². The van der Waals surface area contributed by atoms with Crippen LogP contribution in [0.3, 0.4) is 0 Å². The van der Waals surface area contributed by atoms with Crippen LogP contribution in [0, 0.1) is 11.8 Å². The molecule has 1 saturated heterocycles. The molecule has 25 heavy (non-hydrogen) atoms. The Morgan fingerprint density at radius 2 is 2.20 bits per heavy atom. The summed E-state index contributed by atoms with van der Waals surface area (Å²) in [5.41, 5.74) is -0.0414. The normalized spacial score (nSPS) is 28.8. The molecule has 0 bridgehead atoms. The summed E-state index contributed by atoms with van der Waals surface area (Å²) in [7, 11) is 3.17. The molecule has 2 N–H and O–H groups in total. The Labute approximate surface area is 145 Å². The fourth-order valence-corrected chi connectivity index (χ4v) is 3.99. The molecule has 1 aliphatic heterocycles. The van der Waals surface area contributed by atoms with Crippen LogP contribution < -0.4 is 16.2 Å². The Kier molecular flexibility index (Phi) is 5.17. The van der Waals surface area contributed by atoms with Gasteiger partial charge in [-0.05, 0) is 37.2 Å². The van der Waals surface area contributed by atoms with Gasteiger partial charge in [0.1, 0.15) is 5.69 Å². The van der Waals surface area contributed by atoms with Crippen molar-refractivity contribution in [3.63, 3.8) is 0 Å². The van der Waals surface area contributed by atoms with Crippen LogP contribution in [0.1, 0.15) is 36.2 Å². The Morgan fingerprint density at radius 3 is 2.92 bits per heavy atom. The first-order valence-corrected chi connectivity index (χ1v) is 8.61. The highest BCUT2D eigenvalue weighted by Crippen LogP contribution is 2.35. The number of rotatable bonds is 4. The van der Waals surface area contributed by atoms with Gasteiger partial charge < -0.3 is 15.4 Å². The fourth-order valence-electron chi connectivity index (χ4n) is 3.99. The molecule has 0 spiro atoms. The van der Waals surface area contributed by atoms with E-state index in [0.717, 1.165) is 17.5 Å². The molecule has 8 heteroatoms. The maximum Gasteiger partial charge on any atom is 0.271 e. The van der Waals surface area contributed by atoms with Crippen molar-refractivity contribution in [3.05, 3.63) is 28.2 Å². The minimum absolute atomic E-state index is 0.0191. The second kappa shape index (κ2) is 7.35. The number of nitrogens with zero attached hydrogens (tertiary/aromatic N) is 2. The number of hydrogen-bond acceptors (Lipinski definition) is 5. The van der Waals surface area contributed by atoms with Crippen molar-refractivity contribution in [2.24, 2.45) is 18.9 Å². The standard InChI is InChI=1S/C17H24N4O4/c1-21-16(23)6-5-13(20-21)17(24)18-11-3-4-12-10(9-25-2)7-15(22)19-14(12)8-11/h5-6,10-12,14H,3-4,7-9H2,1-2H3,(H,18,24)(H,19,22). The molecule has 1 saturated carbocycles. The molecular formula is C17H24N4O4. The predicted octanol–water partition coefficient (Wildman–Crippen LogP) is -0.170. The number of piperidine rings is 1. The van der Waals surface area contributed by atoms with Crippen molar-refractivity contribution in [2.75, 3.05) is 13.7 Å². The molecule has 136 valence electrons. The Hall–Kier alpha value is -2.22. The Bertz CT molecular complexity index is 717. The van der Waals surface area contributed by atoms with Crippen molar-refractivity contribution in [1.29, 1.82) is 0 Å². The molecule has 4 atom stereocenters. The molecule has 2 fully saturated rings. The van der Waals surface area contributed by atoms with Gasteiger partial charge in [0.15, 0.2) is 0 Å². The van der Waals surface area contributed by atoms with E-state index >= 15 is 0 Å². The number of aromatic nitrogens is 2. The zero-order valence-corrected chi connectivity index (χ0v) is 14.5. The number of fused-ring (bicyclic) bond motifs is 1. The highest BCUT2D eigenvalue weighted by molar-refractivity contribution is 5.92. The monoisotopic (exact) mass is 348 g/mol. The molecular weight excluding hydrogens is 324 g/mol. The third kappa shape index (κ3) is 3.89. The average molecular weight is 348 g/mol. The quantitative estimate of drug-likeness (QED) is 0.786. The van der Waals surface area contributed by atoms with Crippen molar-refractivity contribution in [3.8, 4) is 0 Å². The lowest BCUT2D eigenvalue weighted by Crippen LogP contribution is -2.56. The van der Waals surface area contributed by atoms with Crippen molar-refractivity contribution < 1.29 is 14.3 Å². The van der Waals surface area contributed by atoms with Crippen LogP contribution in [0.25, 0.3) is 0 Å². The van der Waals surface area contributed by atoms with Gasteiger partial charge in [-0.2, -0.15) is 5.10 Å². The van der Waals surface area contributed by atoms with Crippen LogP contribution in [0.5, 0.6) is 0 Å². The highest BCUT2D eigenvalue weighted by atomic mass is 16.5. The molecule has 2 heterocycles. The van der Waals surface area contributed by atoms with Gasteiger partial charge >= 0.3 is 0 Å². The topological polar surface area (TPSA) is 102 Å². The molecule has 4 unspecified atom stereocenters. The third-order valence-electron chi connectivity index (χ3n) is 5.21. The van der Waals surface area contributed by atoms with Gasteiger partial charge in [-0.15, -0.1) is 0 Å². The van der Waals surface area contributed by atoms with E-state index in [2.05, 4.69) is 15.7 Å². The molecule has 1 aliphatic carbocycles. The molecule has 0 aromatic carbocycles. The molecule has 1 aromatic rings. The molecule has 2 amide bonds. The van der Waals surface area contributed by atoms with E-state index in [9.17, 15) is 14.4 Å². The minimum Gasteiger partial charge on any atom is -0.384 e. The lowest BCUT2D eigenvalue weighted by molar-refractivity contribution is -0.128. The summed E-state index contributed by atoms with van der Waals surface area (Å²) in [4.78, 5) is 35.7. The number of carbonyl (C=O) groups is 2. The van der Waals surface area contributed by atoms with E-state index < -0.39 is 0 Å². The smallest absolute Gasteiger partial charge is 0.271 e. The second-order valence-corrected chi connectivity index (χ2v) is 6.92. The van der Waals surface area contributed by atoms with E-state index in [-0.39, 0.29) is 41.1 Å². The minimum atomic E-state index is -0.297. The average Bonchev–Trinajstić information content (AvgIpc) is 2.57. The molecule has 8 nitrogen and oxygen atoms in total. The van der Waals surface area contributed by atoms with E-state index in [4.69, 9.17) is 4.74 Å². The summed E-state index contributed by atoms with van der Waals surface area (Å²) < 4.78 is 6.40. The summed E-state index contributed by atoms with van der Waals surface area (Å²) >= 11 is 0. The van der Waals surface area contributed by atoms with Gasteiger partial charge in [0.2, 0.25) is 5.91 Å². The summed E-state index contributed by atoms with van der Waals surface area (Å²) in [6.45, 7) is 0.591. The zero-order chi connectivity index (χ0) is 18.0. The zero-order valence-electron chi connectivity index (χ0n) is 14.5. The molecule has 2 aliphatic rings. The van der Waals surface area contributed by atoms with E-state index in [1.54, 1.807) is 7.11 Å². The largest absolute Gasteiger partial charge is 0.384 e. The first kappa shape index (κ1) is 17.6. The summed E-state index contributed by atoms with van der Waals surface area (Å²) in [5, 5.41) is 10.0. The SMILES string of the molecule is COCC1CC(=O)NC2CC(NC(=O)c3ccc(=O)n(C)n3)CCC12. The number of nitrogens with one attached hydrogen (secondary N) is 2. The number of amides is 2.